The minimum absolute atomic E-state index is 0.107. The van der Waals surface area contributed by atoms with Crippen LogP contribution < -0.4 is 14.8 Å². The normalized spacial score (nSPS) is 19.3. The molecule has 2 aromatic rings. The van der Waals surface area contributed by atoms with Gasteiger partial charge in [-0.25, -0.2) is 4.98 Å². The van der Waals surface area contributed by atoms with Crippen molar-refractivity contribution in [3.8, 4) is 17.4 Å². The first-order valence-corrected chi connectivity index (χ1v) is 12.2. The third-order valence-corrected chi connectivity index (χ3v) is 6.38. The molecule has 2 aliphatic heterocycles. The van der Waals surface area contributed by atoms with Gasteiger partial charge in [0.2, 0.25) is 11.8 Å². The summed E-state index contributed by atoms with van der Waals surface area (Å²) in [4.78, 5) is 21.9. The van der Waals surface area contributed by atoms with Gasteiger partial charge in [-0.1, -0.05) is 31.0 Å². The summed E-state index contributed by atoms with van der Waals surface area (Å²) in [7, 11) is 2.14. The summed E-state index contributed by atoms with van der Waals surface area (Å²) in [5.41, 5.74) is 0.969. The van der Waals surface area contributed by atoms with Crippen LogP contribution in [0.15, 0.2) is 42.6 Å². The number of hydrogen-bond acceptors (Lipinski definition) is 6. The highest BCUT2D eigenvalue weighted by Crippen LogP contribution is 2.32. The molecule has 0 spiro atoms. The van der Waals surface area contributed by atoms with Gasteiger partial charge in [0.05, 0.1) is 13.2 Å². The second-order valence-corrected chi connectivity index (χ2v) is 9.13. The Bertz CT molecular complexity index is 899. The quantitative estimate of drug-likeness (QED) is 0.763. The lowest BCUT2D eigenvalue weighted by atomic mass is 10.1. The van der Waals surface area contributed by atoms with Crippen LogP contribution in [0.2, 0.25) is 0 Å². The third-order valence-electron chi connectivity index (χ3n) is 6.38. The average Bonchev–Trinajstić information content (AvgIpc) is 2.81. The Morgan fingerprint density at radius 3 is 2.67 bits per heavy atom. The van der Waals surface area contributed by atoms with E-state index in [-0.39, 0.29) is 11.9 Å². The molecule has 33 heavy (non-hydrogen) atoms. The topological polar surface area (TPSA) is 66.9 Å². The first kappa shape index (κ1) is 23.5. The van der Waals surface area contributed by atoms with Gasteiger partial charge >= 0.3 is 0 Å². The maximum Gasteiger partial charge on any atom is 0.234 e. The van der Waals surface area contributed by atoms with E-state index in [2.05, 4.69) is 27.1 Å². The molecular formula is C26H36N4O3. The van der Waals surface area contributed by atoms with Crippen LogP contribution in [0.5, 0.6) is 17.4 Å². The second-order valence-electron chi connectivity index (χ2n) is 9.13. The number of nitrogens with zero attached hydrogens (tertiary/aromatic N) is 3. The summed E-state index contributed by atoms with van der Waals surface area (Å²) < 4.78 is 12.2. The number of likely N-dealkylation sites (tertiary alicyclic amines) is 1. The zero-order chi connectivity index (χ0) is 22.9. The lowest BCUT2D eigenvalue weighted by Gasteiger charge is -2.30. The van der Waals surface area contributed by atoms with Crippen molar-refractivity contribution >= 4 is 5.91 Å². The molecule has 0 saturated carbocycles. The van der Waals surface area contributed by atoms with Crippen molar-refractivity contribution in [1.29, 1.82) is 0 Å². The number of pyridine rings is 1. The Labute approximate surface area is 197 Å². The van der Waals surface area contributed by atoms with Gasteiger partial charge < -0.3 is 19.7 Å². The summed E-state index contributed by atoms with van der Waals surface area (Å²) in [6.07, 6.45) is 8.05. The maximum atomic E-state index is 12.9. The summed E-state index contributed by atoms with van der Waals surface area (Å²) >= 11 is 0. The van der Waals surface area contributed by atoms with Crippen molar-refractivity contribution in [3.63, 3.8) is 0 Å². The van der Waals surface area contributed by atoms with Crippen molar-refractivity contribution in [2.75, 3.05) is 39.8 Å². The maximum absolute atomic E-state index is 12.9. The molecule has 1 aromatic heterocycles. The lowest BCUT2D eigenvalue weighted by Crippen LogP contribution is -2.46. The van der Waals surface area contributed by atoms with Crippen LogP contribution in [0.25, 0.3) is 0 Å². The fourth-order valence-electron chi connectivity index (χ4n) is 4.45. The standard InChI is InChI=1S/C26H36N4O3/c1-29-16-12-22(13-17-29)28-25(31)20-30-15-6-2-3-7-18-32-23-10-4-5-11-24(23)33-26-21(19-30)9-8-14-27-26/h4-5,8-11,14,22H,2-3,6-7,12-13,15-20H2,1H3,(H,28,31). The molecular weight excluding hydrogens is 416 g/mol. The van der Waals surface area contributed by atoms with Crippen molar-refractivity contribution in [1.82, 2.24) is 20.1 Å². The van der Waals surface area contributed by atoms with Gasteiger partial charge in [0.25, 0.3) is 0 Å². The van der Waals surface area contributed by atoms with E-state index in [1.165, 1.54) is 0 Å². The Morgan fingerprint density at radius 2 is 1.82 bits per heavy atom. The van der Waals surface area contributed by atoms with Crippen molar-refractivity contribution in [2.24, 2.45) is 0 Å². The van der Waals surface area contributed by atoms with E-state index in [1.54, 1.807) is 6.20 Å². The van der Waals surface area contributed by atoms with E-state index in [0.29, 0.717) is 31.3 Å². The third kappa shape index (κ3) is 7.17. The minimum Gasteiger partial charge on any atom is -0.490 e. The van der Waals surface area contributed by atoms with Crippen LogP contribution in [0.1, 0.15) is 44.1 Å². The number of para-hydroxylation sites is 2. The molecule has 7 nitrogen and oxygen atoms in total. The molecule has 0 atom stereocenters. The molecule has 7 heteroatoms. The zero-order valence-corrected chi connectivity index (χ0v) is 19.7. The molecule has 2 aliphatic rings. The van der Waals surface area contributed by atoms with Gasteiger partial charge in [-0.05, 0) is 70.6 Å². The van der Waals surface area contributed by atoms with Crippen LogP contribution in [0.3, 0.4) is 0 Å². The second kappa shape index (κ2) is 12.0. The highest BCUT2D eigenvalue weighted by atomic mass is 16.5. The Morgan fingerprint density at radius 1 is 1.03 bits per heavy atom. The van der Waals surface area contributed by atoms with Crippen LogP contribution in [0.4, 0.5) is 0 Å². The van der Waals surface area contributed by atoms with Crippen molar-refractivity contribution in [2.45, 2.75) is 51.1 Å². The summed E-state index contributed by atoms with van der Waals surface area (Å²) in [5.74, 6) is 2.07. The number of aromatic nitrogens is 1. The van der Waals surface area contributed by atoms with Gasteiger partial charge in [-0.15, -0.1) is 0 Å². The van der Waals surface area contributed by atoms with E-state index >= 15 is 0 Å². The average molecular weight is 453 g/mol. The van der Waals surface area contributed by atoms with Gasteiger partial charge in [-0.2, -0.15) is 0 Å². The number of piperidine rings is 1. The summed E-state index contributed by atoms with van der Waals surface area (Å²) in [5, 5.41) is 3.26. The van der Waals surface area contributed by atoms with E-state index < -0.39 is 0 Å². The molecule has 1 amide bonds. The highest BCUT2D eigenvalue weighted by Gasteiger charge is 2.21. The first-order valence-electron chi connectivity index (χ1n) is 12.2. The molecule has 0 unspecified atom stereocenters. The SMILES string of the molecule is CN1CCC(NC(=O)CN2CCCCCCOc3ccccc3Oc3ncccc3C2)CC1. The predicted octanol–water partition coefficient (Wildman–Crippen LogP) is 3.84. The Balaban J connectivity index is 1.47. The molecule has 0 bridgehead atoms. The largest absolute Gasteiger partial charge is 0.490 e. The van der Waals surface area contributed by atoms with Crippen LogP contribution in [-0.4, -0.2) is 66.6 Å². The van der Waals surface area contributed by atoms with E-state index in [4.69, 9.17) is 9.47 Å². The van der Waals surface area contributed by atoms with Crippen LogP contribution >= 0.6 is 0 Å². The fourth-order valence-corrected chi connectivity index (χ4v) is 4.45. The number of carbonyl (C=O) groups is 1. The van der Waals surface area contributed by atoms with Gasteiger partial charge in [0.15, 0.2) is 11.5 Å². The van der Waals surface area contributed by atoms with E-state index in [1.807, 2.05) is 36.4 Å². The molecule has 0 aliphatic carbocycles. The molecule has 1 aromatic carbocycles. The molecule has 3 heterocycles. The minimum atomic E-state index is 0.107. The number of hydrogen-bond donors (Lipinski definition) is 1. The number of fused-ring (bicyclic) bond motifs is 2. The van der Waals surface area contributed by atoms with Crippen molar-refractivity contribution < 1.29 is 14.3 Å². The van der Waals surface area contributed by atoms with Gasteiger partial charge in [0, 0.05) is 24.3 Å². The number of rotatable bonds is 3. The molecule has 4 rings (SSSR count). The fraction of sp³-hybridized carbons (Fsp3) is 0.538. The molecule has 178 valence electrons. The number of benzene rings is 1. The zero-order valence-electron chi connectivity index (χ0n) is 19.7. The molecule has 0 radical (unpaired) electrons. The van der Waals surface area contributed by atoms with E-state index in [0.717, 1.165) is 69.5 Å². The Kier molecular flexibility index (Phi) is 8.55. The van der Waals surface area contributed by atoms with Gasteiger partial charge in [0.1, 0.15) is 0 Å². The summed E-state index contributed by atoms with van der Waals surface area (Å²) in [6.45, 7) is 4.62. The molecule has 1 fully saturated rings. The predicted molar refractivity (Wildman–Crippen MR) is 129 cm³/mol. The number of nitrogens with one attached hydrogen (secondary N) is 1. The van der Waals surface area contributed by atoms with Crippen LogP contribution in [-0.2, 0) is 11.3 Å². The smallest absolute Gasteiger partial charge is 0.234 e. The first-order chi connectivity index (χ1) is 16.2. The lowest BCUT2D eigenvalue weighted by molar-refractivity contribution is -0.123. The highest BCUT2D eigenvalue weighted by molar-refractivity contribution is 5.78. The monoisotopic (exact) mass is 452 g/mol. The number of amides is 1. The van der Waals surface area contributed by atoms with E-state index in [9.17, 15) is 4.79 Å². The van der Waals surface area contributed by atoms with Crippen LogP contribution in [0, 0.1) is 0 Å². The van der Waals surface area contributed by atoms with Gasteiger partial charge in [-0.3, -0.25) is 9.69 Å². The number of carbonyl (C=O) groups excluding carboxylic acids is 1. The van der Waals surface area contributed by atoms with Crippen molar-refractivity contribution in [3.05, 3.63) is 48.2 Å². The molecule has 1 N–H and O–H groups in total. The Hall–Kier alpha value is -2.64. The molecule has 1 saturated heterocycles. The summed E-state index contributed by atoms with van der Waals surface area (Å²) in [6, 6.07) is 12.0. The number of ether oxygens (including phenoxy) is 2.